The average Bonchev–Trinajstić information content (AvgIpc) is 2.34. The molecule has 24 heavy (non-hydrogen) atoms. The summed E-state index contributed by atoms with van der Waals surface area (Å²) in [6, 6.07) is 0. The van der Waals surface area contributed by atoms with Crippen LogP contribution in [0, 0.1) is 0 Å². The summed E-state index contributed by atoms with van der Waals surface area (Å²) in [6.07, 6.45) is 9.59. The fourth-order valence-electron chi connectivity index (χ4n) is 1.77. The van der Waals surface area contributed by atoms with Gasteiger partial charge >= 0.3 is 15.6 Å². The molecule has 9 heteroatoms. The highest BCUT2D eigenvalue weighted by atomic mass is 31.3. The molecule has 0 amide bonds. The Balaban J connectivity index is 4.18. The molecule has 1 unspecified atom stereocenters. The van der Waals surface area contributed by atoms with Crippen LogP contribution in [0.3, 0.4) is 0 Å². The predicted octanol–water partition coefficient (Wildman–Crippen LogP) is 4.63. The molecule has 0 saturated carbocycles. The molecule has 3 N–H and O–H groups in total. The minimum absolute atomic E-state index is 0.261. The Morgan fingerprint density at radius 2 is 1.38 bits per heavy atom. The number of allylic oxidation sites excluding steroid dienone is 5. The average molecular weight is 384 g/mol. The van der Waals surface area contributed by atoms with Crippen LogP contribution >= 0.6 is 15.6 Å². The van der Waals surface area contributed by atoms with E-state index in [1.165, 1.54) is 11.1 Å². The van der Waals surface area contributed by atoms with Gasteiger partial charge in [-0.15, -0.1) is 0 Å². The van der Waals surface area contributed by atoms with E-state index in [-0.39, 0.29) is 6.61 Å². The first-order valence-electron chi connectivity index (χ1n) is 7.60. The monoisotopic (exact) mass is 384 g/mol. The van der Waals surface area contributed by atoms with Gasteiger partial charge in [0.25, 0.3) is 0 Å². The number of rotatable bonds is 11. The number of hydrogen-bond donors (Lipinski definition) is 3. The second-order valence-electron chi connectivity index (χ2n) is 5.80. The van der Waals surface area contributed by atoms with Crippen molar-refractivity contribution >= 4 is 15.6 Å². The van der Waals surface area contributed by atoms with Gasteiger partial charge in [-0.25, -0.2) is 9.13 Å². The Bertz CT molecular complexity index is 568. The smallest absolute Gasteiger partial charge is 0.302 e. The third-order valence-electron chi connectivity index (χ3n) is 3.00. The molecule has 0 aromatic carbocycles. The standard InChI is InChI=1S/C15H28O7P2/c1-13(2)7-5-8-14(3)9-6-10-15(4)11-12-21-24(19,20)22-23(16,17)18/h7,9,11H,5-6,8,10,12H2,1-4H3,(H,19,20)(H2,16,17,18)/b14-9+,15-11-/i4+1,6+1. The molecule has 0 spiro atoms. The lowest BCUT2D eigenvalue weighted by molar-refractivity contribution is 0.191. The van der Waals surface area contributed by atoms with Gasteiger partial charge in [0.15, 0.2) is 0 Å². The van der Waals surface area contributed by atoms with E-state index in [1.807, 2.05) is 6.92 Å². The molecule has 1 atom stereocenters. The van der Waals surface area contributed by atoms with E-state index in [1.54, 1.807) is 6.08 Å². The Hall–Kier alpha value is -0.520. The third-order valence-corrected chi connectivity index (χ3v) is 5.15. The third kappa shape index (κ3) is 15.0. The maximum absolute atomic E-state index is 11.2. The summed E-state index contributed by atoms with van der Waals surface area (Å²) in [5, 5.41) is 0. The quantitative estimate of drug-likeness (QED) is 0.270. The van der Waals surface area contributed by atoms with Gasteiger partial charge in [-0.1, -0.05) is 34.9 Å². The predicted molar refractivity (Wildman–Crippen MR) is 94.3 cm³/mol. The van der Waals surface area contributed by atoms with Crippen molar-refractivity contribution in [1.82, 2.24) is 0 Å². The van der Waals surface area contributed by atoms with Crippen molar-refractivity contribution in [3.05, 3.63) is 34.9 Å². The molecule has 0 heterocycles. The lowest BCUT2D eigenvalue weighted by atomic mass is 10.1. The number of hydrogen-bond acceptors (Lipinski definition) is 4. The van der Waals surface area contributed by atoms with Crippen molar-refractivity contribution in [3.8, 4) is 0 Å². The molecule has 7 nitrogen and oxygen atoms in total. The summed E-state index contributed by atoms with van der Waals surface area (Å²) >= 11 is 0. The lowest BCUT2D eigenvalue weighted by Crippen LogP contribution is -1.94. The second-order valence-corrected chi connectivity index (χ2v) is 8.63. The summed E-state index contributed by atoms with van der Waals surface area (Å²) in [4.78, 5) is 26.1. The van der Waals surface area contributed by atoms with Crippen LogP contribution in [0.5, 0.6) is 0 Å². The van der Waals surface area contributed by atoms with E-state index in [9.17, 15) is 9.13 Å². The van der Waals surface area contributed by atoms with Crippen LogP contribution in [0.2, 0.25) is 0 Å². The van der Waals surface area contributed by atoms with Crippen LogP contribution < -0.4 is 0 Å². The molecule has 0 bridgehead atoms. The van der Waals surface area contributed by atoms with Crippen molar-refractivity contribution < 1.29 is 32.6 Å². The van der Waals surface area contributed by atoms with E-state index in [0.717, 1.165) is 31.3 Å². The Morgan fingerprint density at radius 3 is 1.88 bits per heavy atom. The summed E-state index contributed by atoms with van der Waals surface area (Å²) in [5.41, 5.74) is 3.57. The van der Waals surface area contributed by atoms with Gasteiger partial charge in [-0.3, -0.25) is 4.52 Å². The summed E-state index contributed by atoms with van der Waals surface area (Å²) < 4.78 is 29.9. The zero-order chi connectivity index (χ0) is 18.8. The van der Waals surface area contributed by atoms with Gasteiger partial charge < -0.3 is 14.7 Å². The maximum Gasteiger partial charge on any atom is 0.481 e. The summed E-state index contributed by atoms with van der Waals surface area (Å²) in [6.45, 7) is 7.82. The molecule has 0 radical (unpaired) electrons. The summed E-state index contributed by atoms with van der Waals surface area (Å²) in [5.74, 6) is 0. The van der Waals surface area contributed by atoms with Crippen molar-refractivity contribution in [1.29, 1.82) is 0 Å². The highest BCUT2D eigenvalue weighted by molar-refractivity contribution is 7.60. The lowest BCUT2D eigenvalue weighted by Gasteiger charge is -2.11. The minimum atomic E-state index is -5.07. The Kier molecular flexibility index (Phi) is 10.9. The summed E-state index contributed by atoms with van der Waals surface area (Å²) in [7, 11) is -9.82. The molecular weight excluding hydrogens is 356 g/mol. The van der Waals surface area contributed by atoms with Gasteiger partial charge in [-0.05, 0) is 53.4 Å². The van der Waals surface area contributed by atoms with Crippen LogP contribution in [-0.2, 0) is 18.0 Å². The highest BCUT2D eigenvalue weighted by Gasteiger charge is 2.31. The minimum Gasteiger partial charge on any atom is -0.302 e. The molecular formula is C15H28O7P2. The maximum atomic E-state index is 11.2. The van der Waals surface area contributed by atoms with Crippen molar-refractivity contribution in [2.75, 3.05) is 6.61 Å². The number of phosphoric acid groups is 2. The SMILES string of the molecule is CC(C)=CCC/C(C)=C/[13CH2]C/C([13CH3])=C\COP(=O)(O)OP(=O)(O)O. The van der Waals surface area contributed by atoms with Gasteiger partial charge in [-0.2, -0.15) is 4.31 Å². The second kappa shape index (κ2) is 11.2. The zero-order valence-corrected chi connectivity index (χ0v) is 16.4. The van der Waals surface area contributed by atoms with Crippen LogP contribution in [0.25, 0.3) is 0 Å². The molecule has 0 rings (SSSR count). The van der Waals surface area contributed by atoms with E-state index >= 15 is 0 Å². The van der Waals surface area contributed by atoms with Crippen LogP contribution in [0.1, 0.15) is 53.4 Å². The molecule has 140 valence electrons. The normalized spacial score (nSPS) is 16.0. The van der Waals surface area contributed by atoms with Crippen molar-refractivity contribution in [3.63, 3.8) is 0 Å². The van der Waals surface area contributed by atoms with E-state index in [4.69, 9.17) is 14.7 Å². The van der Waals surface area contributed by atoms with Gasteiger partial charge in [0, 0.05) is 0 Å². The molecule has 0 aliphatic carbocycles. The zero-order valence-electron chi connectivity index (χ0n) is 14.6. The first kappa shape index (κ1) is 23.5. The topological polar surface area (TPSA) is 113 Å². The van der Waals surface area contributed by atoms with Gasteiger partial charge in [0.2, 0.25) is 0 Å². The van der Waals surface area contributed by atoms with Crippen LogP contribution in [-0.4, -0.2) is 21.3 Å². The van der Waals surface area contributed by atoms with E-state index < -0.39 is 15.6 Å². The molecule has 0 aromatic rings. The Morgan fingerprint density at radius 1 is 0.875 bits per heavy atom. The first-order valence-corrected chi connectivity index (χ1v) is 10.6. The molecule has 0 saturated heterocycles. The van der Waals surface area contributed by atoms with Crippen molar-refractivity contribution in [2.45, 2.75) is 53.4 Å². The molecule has 0 fully saturated rings. The number of phosphoric ester groups is 1. The largest absolute Gasteiger partial charge is 0.481 e. The fourth-order valence-corrected chi connectivity index (χ4v) is 3.30. The van der Waals surface area contributed by atoms with E-state index in [0.29, 0.717) is 0 Å². The van der Waals surface area contributed by atoms with Gasteiger partial charge in [0.1, 0.15) is 0 Å². The molecule has 0 aromatic heterocycles. The van der Waals surface area contributed by atoms with Gasteiger partial charge in [0.05, 0.1) is 6.61 Å². The van der Waals surface area contributed by atoms with E-state index in [2.05, 4.69) is 41.8 Å². The van der Waals surface area contributed by atoms with Crippen LogP contribution in [0.4, 0.5) is 0 Å². The molecule has 0 aliphatic rings. The van der Waals surface area contributed by atoms with Crippen LogP contribution in [0.15, 0.2) is 34.9 Å². The molecule has 0 aliphatic heterocycles. The Labute approximate surface area is 143 Å². The first-order chi connectivity index (χ1) is 10.9. The highest BCUT2D eigenvalue weighted by Crippen LogP contribution is 2.57. The fraction of sp³-hybridized carbons (Fsp3) is 0.600. The van der Waals surface area contributed by atoms with Crippen molar-refractivity contribution in [2.24, 2.45) is 0 Å².